The van der Waals surface area contributed by atoms with Crippen molar-refractivity contribution in [2.45, 2.75) is 83.3 Å². The summed E-state index contributed by atoms with van der Waals surface area (Å²) in [4.78, 5) is 10.5. The minimum absolute atomic E-state index is 0.318. The van der Waals surface area contributed by atoms with E-state index in [2.05, 4.69) is 18.7 Å². The standard InChI is InChI=1S/C20H36O3S2/c1-2-3-4-6-13-25-15-17-16(18-9-10-19(17)23-18)11-14-24-12-7-5-8-20(21)22/h16-19H,2-15H2,1H3,(H,21,22)/t16-,17+,18-,19+/m1/s1. The third-order valence-corrected chi connectivity index (χ3v) is 7.87. The molecule has 0 aromatic carbocycles. The third kappa shape index (κ3) is 7.72. The minimum Gasteiger partial charge on any atom is -0.481 e. The quantitative estimate of drug-likeness (QED) is 0.377. The molecule has 1 N–H and O–H groups in total. The maximum Gasteiger partial charge on any atom is 0.303 e. The van der Waals surface area contributed by atoms with E-state index in [9.17, 15) is 4.79 Å². The fourth-order valence-electron chi connectivity index (χ4n) is 4.15. The van der Waals surface area contributed by atoms with Gasteiger partial charge >= 0.3 is 5.97 Å². The third-order valence-electron chi connectivity index (χ3n) is 5.57. The van der Waals surface area contributed by atoms with Crippen LogP contribution < -0.4 is 0 Å². The van der Waals surface area contributed by atoms with Crippen LogP contribution in [0.5, 0.6) is 0 Å². The van der Waals surface area contributed by atoms with E-state index in [-0.39, 0.29) is 0 Å². The van der Waals surface area contributed by atoms with Gasteiger partial charge in [-0.25, -0.2) is 0 Å². The molecule has 2 aliphatic rings. The Morgan fingerprint density at radius 1 is 0.960 bits per heavy atom. The zero-order chi connectivity index (χ0) is 17.9. The number of carboxylic acids is 1. The molecule has 2 saturated heterocycles. The Morgan fingerprint density at radius 3 is 2.44 bits per heavy atom. The Morgan fingerprint density at radius 2 is 1.68 bits per heavy atom. The molecule has 0 saturated carbocycles. The lowest BCUT2D eigenvalue weighted by atomic mass is 9.79. The number of hydrogen-bond acceptors (Lipinski definition) is 4. The summed E-state index contributed by atoms with van der Waals surface area (Å²) in [5.41, 5.74) is 0. The van der Waals surface area contributed by atoms with Crippen molar-refractivity contribution in [3.05, 3.63) is 0 Å². The summed E-state index contributed by atoms with van der Waals surface area (Å²) in [6, 6.07) is 0. The van der Waals surface area contributed by atoms with E-state index in [4.69, 9.17) is 9.84 Å². The van der Waals surface area contributed by atoms with Gasteiger partial charge in [-0.1, -0.05) is 26.2 Å². The largest absolute Gasteiger partial charge is 0.481 e. The predicted octanol–water partition coefficient (Wildman–Crippen LogP) is 5.47. The second-order valence-electron chi connectivity index (χ2n) is 7.51. The molecule has 0 aliphatic carbocycles. The van der Waals surface area contributed by atoms with Crippen molar-refractivity contribution in [2.24, 2.45) is 11.8 Å². The highest BCUT2D eigenvalue weighted by Gasteiger charge is 2.47. The molecule has 25 heavy (non-hydrogen) atoms. The van der Waals surface area contributed by atoms with Gasteiger partial charge in [0.1, 0.15) is 0 Å². The number of aliphatic carboxylic acids is 1. The van der Waals surface area contributed by atoms with Gasteiger partial charge < -0.3 is 9.84 Å². The van der Waals surface area contributed by atoms with Crippen molar-refractivity contribution in [3.8, 4) is 0 Å². The van der Waals surface area contributed by atoms with Gasteiger partial charge in [0.2, 0.25) is 0 Å². The fourth-order valence-corrected chi connectivity index (χ4v) is 6.51. The Kier molecular flexibility index (Phi) is 10.7. The van der Waals surface area contributed by atoms with Gasteiger partial charge in [0.15, 0.2) is 0 Å². The first-order chi connectivity index (χ1) is 12.2. The zero-order valence-corrected chi connectivity index (χ0v) is 17.4. The average Bonchev–Trinajstić information content (AvgIpc) is 3.19. The Labute approximate surface area is 162 Å². The lowest BCUT2D eigenvalue weighted by molar-refractivity contribution is -0.137. The minimum atomic E-state index is -0.667. The van der Waals surface area contributed by atoms with Gasteiger partial charge in [0.05, 0.1) is 12.2 Å². The van der Waals surface area contributed by atoms with Crippen LogP contribution in [0.4, 0.5) is 0 Å². The monoisotopic (exact) mass is 388 g/mol. The molecule has 0 spiro atoms. The molecule has 5 heteroatoms. The molecule has 2 bridgehead atoms. The maximum atomic E-state index is 10.5. The summed E-state index contributed by atoms with van der Waals surface area (Å²) < 4.78 is 6.23. The number of carbonyl (C=O) groups is 1. The van der Waals surface area contributed by atoms with Gasteiger partial charge in [0, 0.05) is 6.42 Å². The van der Waals surface area contributed by atoms with Gasteiger partial charge in [-0.2, -0.15) is 23.5 Å². The highest BCUT2D eigenvalue weighted by Crippen LogP contribution is 2.46. The number of carboxylic acid groups (broad SMARTS) is 1. The lowest BCUT2D eigenvalue weighted by Crippen LogP contribution is -2.29. The highest BCUT2D eigenvalue weighted by molar-refractivity contribution is 7.99. The van der Waals surface area contributed by atoms with E-state index in [1.807, 2.05) is 11.8 Å². The first-order valence-electron chi connectivity index (χ1n) is 10.2. The molecule has 146 valence electrons. The molecule has 0 aromatic rings. The van der Waals surface area contributed by atoms with Crippen LogP contribution in [0.25, 0.3) is 0 Å². The van der Waals surface area contributed by atoms with Gasteiger partial charge in [0.25, 0.3) is 0 Å². The van der Waals surface area contributed by atoms with Crippen LogP contribution >= 0.6 is 23.5 Å². The molecule has 2 fully saturated rings. The van der Waals surface area contributed by atoms with E-state index in [1.54, 1.807) is 0 Å². The average molecular weight is 389 g/mol. The summed E-state index contributed by atoms with van der Waals surface area (Å²) in [5.74, 6) is 5.81. The second kappa shape index (κ2) is 12.5. The summed E-state index contributed by atoms with van der Waals surface area (Å²) in [7, 11) is 0. The van der Waals surface area contributed by atoms with Crippen molar-refractivity contribution in [1.82, 2.24) is 0 Å². The van der Waals surface area contributed by atoms with E-state index in [0.29, 0.717) is 18.6 Å². The molecule has 4 atom stereocenters. The van der Waals surface area contributed by atoms with Crippen LogP contribution in [0, 0.1) is 11.8 Å². The van der Waals surface area contributed by atoms with Gasteiger partial charge in [-0.3, -0.25) is 4.79 Å². The summed E-state index contributed by atoms with van der Waals surface area (Å²) in [5, 5.41) is 8.66. The van der Waals surface area contributed by atoms with Crippen molar-refractivity contribution in [3.63, 3.8) is 0 Å². The predicted molar refractivity (Wildman–Crippen MR) is 110 cm³/mol. The maximum absolute atomic E-state index is 10.5. The van der Waals surface area contributed by atoms with Crippen LogP contribution in [0.15, 0.2) is 0 Å². The Hall–Kier alpha value is 0.130. The number of rotatable bonds is 15. The molecule has 0 amide bonds. The van der Waals surface area contributed by atoms with Crippen LogP contribution in [0.1, 0.15) is 71.1 Å². The Balaban J connectivity index is 1.57. The number of thioether (sulfide) groups is 2. The smallest absolute Gasteiger partial charge is 0.303 e. The first-order valence-corrected chi connectivity index (χ1v) is 12.6. The summed E-state index contributed by atoms with van der Waals surface area (Å²) >= 11 is 4.16. The zero-order valence-electron chi connectivity index (χ0n) is 15.8. The fraction of sp³-hybridized carbons (Fsp3) is 0.950. The number of ether oxygens (including phenoxy) is 1. The van der Waals surface area contributed by atoms with E-state index < -0.39 is 5.97 Å². The molecular weight excluding hydrogens is 352 g/mol. The second-order valence-corrected chi connectivity index (χ2v) is 9.88. The van der Waals surface area contributed by atoms with Crippen molar-refractivity contribution in [1.29, 1.82) is 0 Å². The SMILES string of the molecule is CCCCCCSC[C@H]1[C@@H](CCSCCCCC(=O)O)[C@H]2CC[C@@H]1O2. The van der Waals surface area contributed by atoms with Gasteiger partial charge in [-0.05, 0) is 73.4 Å². The Bertz CT molecular complexity index is 378. The molecule has 2 aliphatic heterocycles. The van der Waals surface area contributed by atoms with E-state index >= 15 is 0 Å². The number of fused-ring (bicyclic) bond motifs is 2. The van der Waals surface area contributed by atoms with Crippen LogP contribution in [0.3, 0.4) is 0 Å². The normalized spacial score (nSPS) is 27.9. The molecule has 0 aromatic heterocycles. The molecule has 3 nitrogen and oxygen atoms in total. The van der Waals surface area contributed by atoms with Crippen LogP contribution in [0.2, 0.25) is 0 Å². The lowest BCUT2D eigenvalue weighted by Gasteiger charge is -2.27. The van der Waals surface area contributed by atoms with E-state index in [1.165, 1.54) is 62.2 Å². The van der Waals surface area contributed by atoms with Crippen molar-refractivity contribution in [2.75, 3.05) is 23.0 Å². The number of unbranched alkanes of at least 4 members (excludes halogenated alkanes) is 4. The number of hydrogen-bond donors (Lipinski definition) is 1. The van der Waals surface area contributed by atoms with Crippen LogP contribution in [-0.2, 0) is 9.53 Å². The van der Waals surface area contributed by atoms with Crippen molar-refractivity contribution < 1.29 is 14.6 Å². The molecule has 2 rings (SSSR count). The van der Waals surface area contributed by atoms with Gasteiger partial charge in [-0.15, -0.1) is 0 Å². The molecule has 0 unspecified atom stereocenters. The highest BCUT2D eigenvalue weighted by atomic mass is 32.2. The topological polar surface area (TPSA) is 46.5 Å². The van der Waals surface area contributed by atoms with Crippen LogP contribution in [-0.4, -0.2) is 46.3 Å². The summed E-state index contributed by atoms with van der Waals surface area (Å²) in [6.45, 7) is 2.27. The van der Waals surface area contributed by atoms with Crippen molar-refractivity contribution >= 4 is 29.5 Å². The molecule has 2 heterocycles. The summed E-state index contributed by atoms with van der Waals surface area (Å²) in [6.07, 6.45) is 12.5. The first kappa shape index (κ1) is 21.4. The molecular formula is C20H36O3S2. The molecule has 0 radical (unpaired) electrons. The van der Waals surface area contributed by atoms with E-state index in [0.717, 1.165) is 30.4 Å².